The highest BCUT2D eigenvalue weighted by molar-refractivity contribution is 5.99. The highest BCUT2D eigenvalue weighted by Crippen LogP contribution is 2.26. The van der Waals surface area contributed by atoms with E-state index in [-0.39, 0.29) is 5.41 Å². The summed E-state index contributed by atoms with van der Waals surface area (Å²) in [6.45, 7) is 5.97. The van der Waals surface area contributed by atoms with Crippen LogP contribution >= 0.6 is 0 Å². The Hall–Kier alpha value is -0.590. The number of carbonyl (C=O) groups is 1. The average molecular weight is 166 g/mol. The first kappa shape index (κ1) is 9.50. The second-order valence-corrected chi connectivity index (χ2v) is 4.55. The van der Waals surface area contributed by atoms with E-state index in [1.54, 1.807) is 0 Å². The Kier molecular flexibility index (Phi) is 2.71. The lowest BCUT2D eigenvalue weighted by Gasteiger charge is -2.20. The highest BCUT2D eigenvalue weighted by Gasteiger charge is 2.24. The van der Waals surface area contributed by atoms with Gasteiger partial charge in [0.15, 0.2) is 5.78 Å². The first-order valence-corrected chi connectivity index (χ1v) is 4.75. The monoisotopic (exact) mass is 166 g/mol. The normalized spacial score (nSPS) is 18.8. The summed E-state index contributed by atoms with van der Waals surface area (Å²) >= 11 is 0. The third-order valence-electron chi connectivity index (χ3n) is 2.26. The molecule has 0 amide bonds. The van der Waals surface area contributed by atoms with Crippen LogP contribution in [0.4, 0.5) is 0 Å². The zero-order valence-electron chi connectivity index (χ0n) is 8.31. The van der Waals surface area contributed by atoms with Crippen LogP contribution in [0, 0.1) is 5.41 Å². The minimum Gasteiger partial charge on any atom is -0.294 e. The average Bonchev–Trinajstić information content (AvgIpc) is 2.03. The molecule has 12 heavy (non-hydrogen) atoms. The van der Waals surface area contributed by atoms with Crippen LogP contribution in [0.25, 0.3) is 0 Å². The van der Waals surface area contributed by atoms with Gasteiger partial charge in [-0.05, 0) is 31.3 Å². The van der Waals surface area contributed by atoms with Gasteiger partial charge >= 0.3 is 0 Å². The molecule has 0 bridgehead atoms. The molecule has 0 aliphatic heterocycles. The number of carbonyl (C=O) groups excluding carboxylic acids is 1. The summed E-state index contributed by atoms with van der Waals surface area (Å²) in [5.74, 6) is 0.335. The molecule has 0 aromatic heterocycles. The van der Waals surface area contributed by atoms with E-state index in [0.29, 0.717) is 5.78 Å². The van der Waals surface area contributed by atoms with Crippen molar-refractivity contribution in [1.29, 1.82) is 0 Å². The second kappa shape index (κ2) is 3.42. The fourth-order valence-corrected chi connectivity index (χ4v) is 1.53. The summed E-state index contributed by atoms with van der Waals surface area (Å²) in [5.41, 5.74) is 0.872. The number of hydrogen-bond acceptors (Lipinski definition) is 1. The molecule has 0 unspecified atom stereocenters. The topological polar surface area (TPSA) is 17.1 Å². The van der Waals surface area contributed by atoms with Crippen LogP contribution in [0.15, 0.2) is 11.6 Å². The first-order chi connectivity index (χ1) is 5.52. The Morgan fingerprint density at radius 3 is 2.42 bits per heavy atom. The van der Waals surface area contributed by atoms with E-state index in [1.807, 2.05) is 20.8 Å². The Morgan fingerprint density at radius 2 is 2.00 bits per heavy atom. The summed E-state index contributed by atoms with van der Waals surface area (Å²) in [4.78, 5) is 11.8. The SMILES string of the molecule is CC(C)(C)C(=O)C1=CCCCC1. The zero-order chi connectivity index (χ0) is 9.19. The van der Waals surface area contributed by atoms with Gasteiger partial charge in [0, 0.05) is 5.41 Å². The van der Waals surface area contributed by atoms with Crippen LogP contribution < -0.4 is 0 Å². The number of ketones is 1. The molecule has 0 saturated heterocycles. The van der Waals surface area contributed by atoms with E-state index in [0.717, 1.165) is 18.4 Å². The third kappa shape index (κ3) is 2.20. The van der Waals surface area contributed by atoms with Crippen molar-refractivity contribution in [2.24, 2.45) is 5.41 Å². The smallest absolute Gasteiger partial charge is 0.163 e. The van der Waals surface area contributed by atoms with Gasteiger partial charge in [-0.15, -0.1) is 0 Å². The number of hydrogen-bond donors (Lipinski definition) is 0. The molecule has 1 aliphatic carbocycles. The lowest BCUT2D eigenvalue weighted by atomic mass is 9.82. The minimum absolute atomic E-state index is 0.191. The second-order valence-electron chi connectivity index (χ2n) is 4.55. The van der Waals surface area contributed by atoms with E-state index >= 15 is 0 Å². The Morgan fingerprint density at radius 1 is 1.33 bits per heavy atom. The summed E-state index contributed by atoms with van der Waals surface area (Å²) in [6.07, 6.45) is 6.65. The van der Waals surface area contributed by atoms with E-state index < -0.39 is 0 Å². The molecule has 0 heterocycles. The fraction of sp³-hybridized carbons (Fsp3) is 0.727. The van der Waals surface area contributed by atoms with Crippen molar-refractivity contribution in [3.63, 3.8) is 0 Å². The van der Waals surface area contributed by atoms with E-state index in [1.165, 1.54) is 12.8 Å². The fourth-order valence-electron chi connectivity index (χ4n) is 1.53. The lowest BCUT2D eigenvalue weighted by Crippen LogP contribution is -2.22. The number of allylic oxidation sites excluding steroid dienone is 2. The molecule has 0 fully saturated rings. The number of rotatable bonds is 1. The van der Waals surface area contributed by atoms with Gasteiger partial charge in [-0.3, -0.25) is 4.79 Å². The third-order valence-corrected chi connectivity index (χ3v) is 2.26. The van der Waals surface area contributed by atoms with Crippen molar-refractivity contribution in [2.75, 3.05) is 0 Å². The summed E-state index contributed by atoms with van der Waals surface area (Å²) in [5, 5.41) is 0. The molecule has 1 aliphatic rings. The Bertz CT molecular complexity index is 206. The minimum atomic E-state index is -0.191. The summed E-state index contributed by atoms with van der Waals surface area (Å²) in [6, 6.07) is 0. The van der Waals surface area contributed by atoms with Crippen LogP contribution in [0.3, 0.4) is 0 Å². The maximum atomic E-state index is 11.8. The lowest BCUT2D eigenvalue weighted by molar-refractivity contribution is -0.122. The highest BCUT2D eigenvalue weighted by atomic mass is 16.1. The first-order valence-electron chi connectivity index (χ1n) is 4.75. The number of Topliss-reactive ketones (excluding diaryl/α,β-unsaturated/α-hetero) is 1. The Balaban J connectivity index is 2.70. The molecule has 1 heteroatoms. The molecular weight excluding hydrogens is 148 g/mol. The van der Waals surface area contributed by atoms with Gasteiger partial charge in [0.25, 0.3) is 0 Å². The van der Waals surface area contributed by atoms with Gasteiger partial charge in [0.2, 0.25) is 0 Å². The van der Waals surface area contributed by atoms with Gasteiger partial charge in [0.05, 0.1) is 0 Å². The molecule has 0 aromatic carbocycles. The maximum Gasteiger partial charge on any atom is 0.163 e. The van der Waals surface area contributed by atoms with Gasteiger partial charge < -0.3 is 0 Å². The molecule has 0 saturated carbocycles. The van der Waals surface area contributed by atoms with E-state index in [2.05, 4.69) is 6.08 Å². The molecule has 0 spiro atoms. The van der Waals surface area contributed by atoms with Crippen molar-refractivity contribution in [3.8, 4) is 0 Å². The van der Waals surface area contributed by atoms with Crippen LogP contribution in [0.2, 0.25) is 0 Å². The van der Waals surface area contributed by atoms with Crippen molar-refractivity contribution in [1.82, 2.24) is 0 Å². The van der Waals surface area contributed by atoms with Gasteiger partial charge in [-0.25, -0.2) is 0 Å². The molecule has 68 valence electrons. The van der Waals surface area contributed by atoms with Crippen molar-refractivity contribution < 1.29 is 4.79 Å². The van der Waals surface area contributed by atoms with Crippen LogP contribution in [-0.2, 0) is 4.79 Å². The molecule has 0 radical (unpaired) electrons. The maximum absolute atomic E-state index is 11.8. The van der Waals surface area contributed by atoms with E-state index in [4.69, 9.17) is 0 Å². The predicted molar refractivity (Wildman–Crippen MR) is 51.0 cm³/mol. The Labute approximate surface area is 74.9 Å². The molecule has 0 atom stereocenters. The molecule has 0 aromatic rings. The van der Waals surface area contributed by atoms with Gasteiger partial charge in [0.1, 0.15) is 0 Å². The van der Waals surface area contributed by atoms with Gasteiger partial charge in [-0.1, -0.05) is 26.8 Å². The largest absolute Gasteiger partial charge is 0.294 e. The van der Waals surface area contributed by atoms with Crippen molar-refractivity contribution in [2.45, 2.75) is 46.5 Å². The summed E-state index contributed by atoms with van der Waals surface area (Å²) in [7, 11) is 0. The molecular formula is C11H18O. The molecule has 1 nitrogen and oxygen atoms in total. The van der Waals surface area contributed by atoms with E-state index in [9.17, 15) is 4.79 Å². The van der Waals surface area contributed by atoms with Crippen molar-refractivity contribution in [3.05, 3.63) is 11.6 Å². The van der Waals surface area contributed by atoms with Gasteiger partial charge in [-0.2, -0.15) is 0 Å². The van der Waals surface area contributed by atoms with Crippen molar-refractivity contribution >= 4 is 5.78 Å². The van der Waals surface area contributed by atoms with Crippen LogP contribution in [0.5, 0.6) is 0 Å². The van der Waals surface area contributed by atoms with Crippen LogP contribution in [0.1, 0.15) is 46.5 Å². The standard InChI is InChI=1S/C11H18O/c1-11(2,3)10(12)9-7-5-4-6-8-9/h7H,4-6,8H2,1-3H3. The molecule has 1 rings (SSSR count). The quantitative estimate of drug-likeness (QED) is 0.585. The summed E-state index contributed by atoms with van der Waals surface area (Å²) < 4.78 is 0. The zero-order valence-corrected chi connectivity index (χ0v) is 8.31. The molecule has 0 N–H and O–H groups in total. The predicted octanol–water partition coefficient (Wildman–Crippen LogP) is 3.10. The van der Waals surface area contributed by atoms with Crippen LogP contribution in [-0.4, -0.2) is 5.78 Å².